The Balaban J connectivity index is 3.31. The number of nitro groups is 1. The van der Waals surface area contributed by atoms with Gasteiger partial charge in [-0.05, 0) is 24.6 Å². The molecule has 0 aliphatic rings. The maximum Gasteiger partial charge on any atom is 0.348 e. The van der Waals surface area contributed by atoms with Gasteiger partial charge in [-0.15, -0.1) is 0 Å². The molecule has 7 nitrogen and oxygen atoms in total. The van der Waals surface area contributed by atoms with Crippen molar-refractivity contribution in [3.05, 3.63) is 45.5 Å². The van der Waals surface area contributed by atoms with E-state index < -0.39 is 16.5 Å². The number of hydrogen-bond acceptors (Lipinski definition) is 5. The summed E-state index contributed by atoms with van der Waals surface area (Å²) in [5, 5.41) is 31.1. The fraction of sp³-hybridized carbons (Fsp3) is 0.167. The van der Waals surface area contributed by atoms with Gasteiger partial charge >= 0.3 is 5.97 Å². The first kappa shape index (κ1) is 14.2. The molecule has 0 amide bonds. The summed E-state index contributed by atoms with van der Waals surface area (Å²) < 4.78 is 0. The maximum atomic E-state index is 11.0. The number of carboxylic acid groups (broad SMARTS) is 1. The van der Waals surface area contributed by atoms with Crippen LogP contribution in [-0.2, 0) is 4.79 Å². The van der Waals surface area contributed by atoms with Crippen LogP contribution in [0.1, 0.15) is 12.5 Å². The molecule has 98 valence electrons. The van der Waals surface area contributed by atoms with Crippen LogP contribution in [-0.4, -0.2) is 22.5 Å². The van der Waals surface area contributed by atoms with Crippen molar-refractivity contribution in [2.45, 2.75) is 6.92 Å². The number of carboxylic acids is 1. The first-order chi connectivity index (χ1) is 9.01. The summed E-state index contributed by atoms with van der Waals surface area (Å²) in [7, 11) is 0. The third-order valence-corrected chi connectivity index (χ3v) is 2.30. The monoisotopic (exact) mass is 261 g/mol. The van der Waals surface area contributed by atoms with Gasteiger partial charge in [-0.3, -0.25) is 10.1 Å². The van der Waals surface area contributed by atoms with Crippen LogP contribution in [0.5, 0.6) is 0 Å². The molecule has 0 unspecified atom stereocenters. The Kier molecular flexibility index (Phi) is 4.60. The van der Waals surface area contributed by atoms with Crippen LogP contribution in [0.4, 0.5) is 5.69 Å². The number of carbonyl (C=O) groups is 1. The standard InChI is InChI=1S/C12H11N3O4/c1-2-14-11(10(7-13)12(16)17)8-3-5-9(6-4-8)15(18)19/h3-6,14H,2H2,1H3,(H,16,17)/b11-10-. The van der Waals surface area contributed by atoms with E-state index in [0.29, 0.717) is 12.1 Å². The quantitative estimate of drug-likeness (QED) is 0.359. The van der Waals surface area contributed by atoms with Gasteiger partial charge in [-0.25, -0.2) is 4.79 Å². The summed E-state index contributed by atoms with van der Waals surface area (Å²) in [6, 6.07) is 6.91. The predicted molar refractivity (Wildman–Crippen MR) is 66.9 cm³/mol. The first-order valence-electron chi connectivity index (χ1n) is 5.37. The number of non-ortho nitro benzene ring substituents is 1. The molecular formula is C12H11N3O4. The van der Waals surface area contributed by atoms with Crippen LogP contribution in [0.3, 0.4) is 0 Å². The fourth-order valence-electron chi connectivity index (χ4n) is 1.47. The molecule has 0 saturated carbocycles. The van der Waals surface area contributed by atoms with Crippen LogP contribution >= 0.6 is 0 Å². The van der Waals surface area contributed by atoms with E-state index in [2.05, 4.69) is 5.32 Å². The van der Waals surface area contributed by atoms with E-state index >= 15 is 0 Å². The zero-order valence-electron chi connectivity index (χ0n) is 10.1. The number of rotatable bonds is 5. The molecule has 0 aromatic heterocycles. The normalized spacial score (nSPS) is 11.2. The molecule has 7 heteroatoms. The first-order valence-corrected chi connectivity index (χ1v) is 5.37. The Morgan fingerprint density at radius 2 is 2.05 bits per heavy atom. The number of benzene rings is 1. The number of hydrogen-bond donors (Lipinski definition) is 2. The van der Waals surface area contributed by atoms with E-state index in [9.17, 15) is 14.9 Å². The molecule has 0 heterocycles. The third-order valence-electron chi connectivity index (χ3n) is 2.30. The highest BCUT2D eigenvalue weighted by atomic mass is 16.6. The number of aliphatic carboxylic acids is 1. The van der Waals surface area contributed by atoms with E-state index in [-0.39, 0.29) is 11.4 Å². The molecule has 0 saturated heterocycles. The van der Waals surface area contributed by atoms with Crippen molar-refractivity contribution >= 4 is 17.4 Å². The molecule has 0 aliphatic carbocycles. The van der Waals surface area contributed by atoms with Crippen molar-refractivity contribution < 1.29 is 14.8 Å². The predicted octanol–water partition coefficient (Wildman–Crippen LogP) is 1.52. The number of nitriles is 1. The lowest BCUT2D eigenvalue weighted by Crippen LogP contribution is -2.16. The zero-order chi connectivity index (χ0) is 14.4. The van der Waals surface area contributed by atoms with Crippen molar-refractivity contribution in [3.8, 4) is 6.07 Å². The summed E-state index contributed by atoms with van der Waals surface area (Å²) in [6.07, 6.45) is 0. The average molecular weight is 261 g/mol. The summed E-state index contributed by atoms with van der Waals surface area (Å²) in [5.74, 6) is -1.35. The number of nitro benzene ring substituents is 1. The van der Waals surface area contributed by atoms with Crippen molar-refractivity contribution in [2.24, 2.45) is 0 Å². The SMILES string of the molecule is CCN/C(=C(/C#N)C(=O)O)c1ccc([N+](=O)[O-])cc1. The smallest absolute Gasteiger partial charge is 0.348 e. The zero-order valence-corrected chi connectivity index (χ0v) is 10.1. The van der Waals surface area contributed by atoms with E-state index in [1.54, 1.807) is 13.0 Å². The maximum absolute atomic E-state index is 11.0. The molecule has 1 aromatic rings. The van der Waals surface area contributed by atoms with Gasteiger partial charge in [-0.1, -0.05) is 0 Å². The largest absolute Gasteiger partial charge is 0.477 e. The average Bonchev–Trinajstić information content (AvgIpc) is 2.38. The van der Waals surface area contributed by atoms with Gasteiger partial charge in [0.05, 0.1) is 10.6 Å². The Labute approximate surface area is 108 Å². The second kappa shape index (κ2) is 6.16. The van der Waals surface area contributed by atoms with E-state index in [1.807, 2.05) is 0 Å². The second-order valence-corrected chi connectivity index (χ2v) is 3.50. The van der Waals surface area contributed by atoms with Crippen LogP contribution in [0.2, 0.25) is 0 Å². The highest BCUT2D eigenvalue weighted by molar-refractivity contribution is 6.00. The molecule has 0 spiro atoms. The number of nitrogens with one attached hydrogen (secondary N) is 1. The van der Waals surface area contributed by atoms with Crippen LogP contribution in [0, 0.1) is 21.4 Å². The van der Waals surface area contributed by atoms with Crippen molar-refractivity contribution in [1.82, 2.24) is 5.32 Å². The van der Waals surface area contributed by atoms with Gasteiger partial charge in [0, 0.05) is 18.7 Å². The van der Waals surface area contributed by atoms with Crippen molar-refractivity contribution in [3.63, 3.8) is 0 Å². The molecule has 0 bridgehead atoms. The summed E-state index contributed by atoms with van der Waals surface area (Å²) in [5.41, 5.74) is 0.0166. The van der Waals surface area contributed by atoms with Crippen LogP contribution < -0.4 is 5.32 Å². The molecule has 0 aliphatic heterocycles. The van der Waals surface area contributed by atoms with Gasteiger partial charge in [0.25, 0.3) is 5.69 Å². The molecule has 1 rings (SSSR count). The minimum absolute atomic E-state index is 0.103. The summed E-state index contributed by atoms with van der Waals surface area (Å²) in [6.45, 7) is 2.17. The Morgan fingerprint density at radius 1 is 1.47 bits per heavy atom. The van der Waals surface area contributed by atoms with Gasteiger partial charge in [-0.2, -0.15) is 5.26 Å². The van der Waals surface area contributed by atoms with Gasteiger partial charge in [0.1, 0.15) is 6.07 Å². The highest BCUT2D eigenvalue weighted by Crippen LogP contribution is 2.19. The minimum Gasteiger partial charge on any atom is -0.477 e. The molecule has 0 radical (unpaired) electrons. The lowest BCUT2D eigenvalue weighted by atomic mass is 10.1. The van der Waals surface area contributed by atoms with E-state index in [0.717, 1.165) is 0 Å². The summed E-state index contributed by atoms with van der Waals surface area (Å²) in [4.78, 5) is 21.0. The minimum atomic E-state index is -1.35. The van der Waals surface area contributed by atoms with E-state index in [4.69, 9.17) is 10.4 Å². The molecule has 0 fully saturated rings. The molecular weight excluding hydrogens is 250 g/mol. The van der Waals surface area contributed by atoms with Crippen molar-refractivity contribution in [1.29, 1.82) is 5.26 Å². The second-order valence-electron chi connectivity index (χ2n) is 3.50. The van der Waals surface area contributed by atoms with E-state index in [1.165, 1.54) is 24.3 Å². The summed E-state index contributed by atoms with van der Waals surface area (Å²) >= 11 is 0. The Bertz CT molecular complexity index is 570. The molecule has 2 N–H and O–H groups in total. The Morgan fingerprint density at radius 3 is 2.42 bits per heavy atom. The lowest BCUT2D eigenvalue weighted by molar-refractivity contribution is -0.384. The van der Waals surface area contributed by atoms with Gasteiger partial charge < -0.3 is 10.4 Å². The Hall–Kier alpha value is -2.88. The van der Waals surface area contributed by atoms with Gasteiger partial charge in [0.2, 0.25) is 0 Å². The van der Waals surface area contributed by atoms with Crippen LogP contribution in [0.15, 0.2) is 29.8 Å². The molecule has 1 aromatic carbocycles. The topological polar surface area (TPSA) is 116 Å². The fourth-order valence-corrected chi connectivity index (χ4v) is 1.47. The third kappa shape index (κ3) is 3.29. The lowest BCUT2D eigenvalue weighted by Gasteiger charge is -2.10. The van der Waals surface area contributed by atoms with Gasteiger partial charge in [0.15, 0.2) is 5.57 Å². The highest BCUT2D eigenvalue weighted by Gasteiger charge is 2.16. The van der Waals surface area contributed by atoms with Crippen LogP contribution in [0.25, 0.3) is 5.70 Å². The number of nitrogens with zero attached hydrogens (tertiary/aromatic N) is 2. The molecule has 19 heavy (non-hydrogen) atoms. The van der Waals surface area contributed by atoms with Crippen molar-refractivity contribution in [2.75, 3.05) is 6.54 Å². The molecule has 0 atom stereocenters.